The number of rotatable bonds is 5. The Bertz CT molecular complexity index is 853. The van der Waals surface area contributed by atoms with Crippen LogP contribution >= 0.6 is 11.8 Å². The molecule has 0 bridgehead atoms. The van der Waals surface area contributed by atoms with E-state index in [-0.39, 0.29) is 18.9 Å². The van der Waals surface area contributed by atoms with Crippen LogP contribution in [0.5, 0.6) is 0 Å². The van der Waals surface area contributed by atoms with Gasteiger partial charge in [0.25, 0.3) is 5.91 Å². The van der Waals surface area contributed by atoms with Gasteiger partial charge in [-0.05, 0) is 36.8 Å². The molecule has 134 valence electrons. The molecule has 0 radical (unpaired) electrons. The van der Waals surface area contributed by atoms with E-state index in [4.69, 9.17) is 4.74 Å². The van der Waals surface area contributed by atoms with Crippen molar-refractivity contribution in [3.05, 3.63) is 54.1 Å². The molecule has 7 heteroatoms. The quantitative estimate of drug-likeness (QED) is 0.791. The van der Waals surface area contributed by atoms with Crippen molar-refractivity contribution in [3.63, 3.8) is 0 Å². The predicted molar refractivity (Wildman–Crippen MR) is 100 cm³/mol. The number of carbonyl (C=O) groups excluding carboxylic acids is 3. The normalized spacial score (nSPS) is 15.6. The average Bonchev–Trinajstić information content (AvgIpc) is 2.61. The van der Waals surface area contributed by atoms with E-state index in [1.165, 1.54) is 11.8 Å². The molecule has 2 aromatic carbocycles. The standard InChI is InChI=1S/C19H18N2O4S/c1-12-5-4-6-13(9-12)20-17(22)11-25-18(23)10-16-19(24)21-14-7-2-3-8-15(14)26-16/h2-9,16H,10-11H2,1H3,(H,20,22)(H,21,24)/t16-/m1/s1. The van der Waals surface area contributed by atoms with Crippen LogP contribution in [0.25, 0.3) is 0 Å². The van der Waals surface area contributed by atoms with Crippen molar-refractivity contribution < 1.29 is 19.1 Å². The second-order valence-electron chi connectivity index (χ2n) is 5.87. The molecule has 0 unspecified atom stereocenters. The van der Waals surface area contributed by atoms with Crippen molar-refractivity contribution in [2.24, 2.45) is 0 Å². The topological polar surface area (TPSA) is 84.5 Å². The Morgan fingerprint density at radius 2 is 2.00 bits per heavy atom. The van der Waals surface area contributed by atoms with Gasteiger partial charge in [0.1, 0.15) is 0 Å². The third-order valence-corrected chi connectivity index (χ3v) is 5.00. The Balaban J connectivity index is 1.48. The fraction of sp³-hybridized carbons (Fsp3) is 0.211. The lowest BCUT2D eigenvalue weighted by Gasteiger charge is -2.23. The summed E-state index contributed by atoms with van der Waals surface area (Å²) in [6.45, 7) is 1.53. The highest BCUT2D eigenvalue weighted by molar-refractivity contribution is 8.01. The van der Waals surface area contributed by atoms with Gasteiger partial charge < -0.3 is 15.4 Å². The van der Waals surface area contributed by atoms with Crippen LogP contribution in [0.2, 0.25) is 0 Å². The van der Waals surface area contributed by atoms with Gasteiger partial charge >= 0.3 is 5.97 Å². The number of para-hydroxylation sites is 1. The van der Waals surface area contributed by atoms with Crippen LogP contribution in [-0.2, 0) is 19.1 Å². The Morgan fingerprint density at radius 1 is 1.19 bits per heavy atom. The largest absolute Gasteiger partial charge is 0.456 e. The molecular weight excluding hydrogens is 352 g/mol. The van der Waals surface area contributed by atoms with Crippen molar-refractivity contribution in [1.29, 1.82) is 0 Å². The smallest absolute Gasteiger partial charge is 0.307 e. The van der Waals surface area contributed by atoms with Crippen LogP contribution in [0.15, 0.2) is 53.4 Å². The molecular formula is C19H18N2O4S. The molecule has 1 aliphatic heterocycles. The highest BCUT2D eigenvalue weighted by Gasteiger charge is 2.29. The third kappa shape index (κ3) is 4.64. The van der Waals surface area contributed by atoms with Gasteiger partial charge in [-0.15, -0.1) is 11.8 Å². The monoisotopic (exact) mass is 370 g/mol. The predicted octanol–water partition coefficient (Wildman–Crippen LogP) is 2.98. The molecule has 0 saturated heterocycles. The van der Waals surface area contributed by atoms with Crippen LogP contribution in [0.1, 0.15) is 12.0 Å². The van der Waals surface area contributed by atoms with E-state index in [2.05, 4.69) is 10.6 Å². The zero-order valence-electron chi connectivity index (χ0n) is 14.2. The minimum absolute atomic E-state index is 0.0947. The number of nitrogens with one attached hydrogen (secondary N) is 2. The Kier molecular flexibility index (Phi) is 5.58. The maximum atomic E-state index is 12.1. The second-order valence-corrected chi connectivity index (χ2v) is 7.12. The molecule has 0 aliphatic carbocycles. The van der Waals surface area contributed by atoms with Crippen LogP contribution in [0, 0.1) is 6.92 Å². The highest BCUT2D eigenvalue weighted by atomic mass is 32.2. The zero-order chi connectivity index (χ0) is 18.5. The van der Waals surface area contributed by atoms with Crippen molar-refractivity contribution in [3.8, 4) is 0 Å². The summed E-state index contributed by atoms with van der Waals surface area (Å²) >= 11 is 1.32. The first-order valence-corrected chi connectivity index (χ1v) is 8.98. The first-order valence-electron chi connectivity index (χ1n) is 8.10. The maximum Gasteiger partial charge on any atom is 0.307 e. The summed E-state index contributed by atoms with van der Waals surface area (Å²) in [5.74, 6) is -1.25. The zero-order valence-corrected chi connectivity index (χ0v) is 15.0. The molecule has 26 heavy (non-hydrogen) atoms. The summed E-state index contributed by atoms with van der Waals surface area (Å²) in [6.07, 6.45) is -0.0947. The summed E-state index contributed by atoms with van der Waals surface area (Å²) in [7, 11) is 0. The molecule has 6 nitrogen and oxygen atoms in total. The molecule has 0 fully saturated rings. The van der Waals surface area contributed by atoms with E-state index in [0.29, 0.717) is 5.69 Å². The lowest BCUT2D eigenvalue weighted by atomic mass is 10.2. The molecule has 1 atom stereocenters. The summed E-state index contributed by atoms with van der Waals surface area (Å²) < 4.78 is 5.00. The van der Waals surface area contributed by atoms with Crippen LogP contribution < -0.4 is 10.6 Å². The second kappa shape index (κ2) is 8.05. The first-order chi connectivity index (χ1) is 12.5. The molecule has 0 saturated carbocycles. The highest BCUT2D eigenvalue weighted by Crippen LogP contribution is 2.36. The summed E-state index contributed by atoms with van der Waals surface area (Å²) in [6, 6.07) is 14.7. The third-order valence-electron chi connectivity index (χ3n) is 3.72. The van der Waals surface area contributed by atoms with Gasteiger partial charge in [0.05, 0.1) is 17.4 Å². The molecule has 1 heterocycles. The lowest BCUT2D eigenvalue weighted by molar-refractivity contribution is -0.147. The molecule has 2 N–H and O–H groups in total. The molecule has 2 amide bonds. The van der Waals surface area contributed by atoms with Gasteiger partial charge in [0, 0.05) is 10.6 Å². The molecule has 2 aromatic rings. The van der Waals surface area contributed by atoms with E-state index < -0.39 is 17.1 Å². The minimum Gasteiger partial charge on any atom is -0.456 e. The fourth-order valence-electron chi connectivity index (χ4n) is 2.50. The number of ether oxygens (including phenoxy) is 1. The number of aryl methyl sites for hydroxylation is 1. The summed E-state index contributed by atoms with van der Waals surface area (Å²) in [5, 5.41) is 4.86. The minimum atomic E-state index is -0.587. The van der Waals surface area contributed by atoms with Crippen molar-refractivity contribution in [2.45, 2.75) is 23.5 Å². The van der Waals surface area contributed by atoms with Gasteiger partial charge in [-0.1, -0.05) is 24.3 Å². The summed E-state index contributed by atoms with van der Waals surface area (Å²) in [4.78, 5) is 36.8. The maximum absolute atomic E-state index is 12.1. The van der Waals surface area contributed by atoms with Gasteiger partial charge in [0.2, 0.25) is 5.91 Å². The van der Waals surface area contributed by atoms with E-state index in [0.717, 1.165) is 16.1 Å². The van der Waals surface area contributed by atoms with E-state index in [9.17, 15) is 14.4 Å². The number of benzene rings is 2. The summed E-state index contributed by atoms with van der Waals surface area (Å²) in [5.41, 5.74) is 2.40. The van der Waals surface area contributed by atoms with Gasteiger partial charge in [-0.3, -0.25) is 14.4 Å². The fourth-order valence-corrected chi connectivity index (χ4v) is 3.60. The number of hydrogen-bond acceptors (Lipinski definition) is 5. The van der Waals surface area contributed by atoms with Gasteiger partial charge in [-0.2, -0.15) is 0 Å². The molecule has 0 aromatic heterocycles. The van der Waals surface area contributed by atoms with Crippen molar-refractivity contribution >= 4 is 40.9 Å². The number of fused-ring (bicyclic) bond motifs is 1. The average molecular weight is 370 g/mol. The van der Waals surface area contributed by atoms with E-state index >= 15 is 0 Å². The molecule has 0 spiro atoms. The van der Waals surface area contributed by atoms with Crippen LogP contribution in [0.4, 0.5) is 11.4 Å². The SMILES string of the molecule is Cc1cccc(NC(=O)COC(=O)C[C@H]2Sc3ccccc3NC2=O)c1. The van der Waals surface area contributed by atoms with Crippen molar-refractivity contribution in [2.75, 3.05) is 17.2 Å². The number of esters is 1. The molecule has 1 aliphatic rings. The van der Waals surface area contributed by atoms with Crippen molar-refractivity contribution in [1.82, 2.24) is 0 Å². The molecule has 3 rings (SSSR count). The van der Waals surface area contributed by atoms with Gasteiger partial charge in [0.15, 0.2) is 6.61 Å². The van der Waals surface area contributed by atoms with E-state index in [1.807, 2.05) is 49.4 Å². The Morgan fingerprint density at radius 3 is 2.81 bits per heavy atom. The van der Waals surface area contributed by atoms with Crippen LogP contribution in [0.3, 0.4) is 0 Å². The number of thioether (sulfide) groups is 1. The van der Waals surface area contributed by atoms with E-state index in [1.54, 1.807) is 6.07 Å². The first kappa shape index (κ1) is 18.0. The van der Waals surface area contributed by atoms with Gasteiger partial charge in [-0.25, -0.2) is 0 Å². The Labute approximate surface area is 155 Å². The number of amides is 2. The van der Waals surface area contributed by atoms with Crippen LogP contribution in [-0.4, -0.2) is 29.6 Å². The number of carbonyl (C=O) groups is 3. The Hall–Kier alpha value is -2.80. The lowest BCUT2D eigenvalue weighted by Crippen LogP contribution is -2.32. The number of anilines is 2. The number of hydrogen-bond donors (Lipinski definition) is 2.